The van der Waals surface area contributed by atoms with Crippen molar-refractivity contribution < 1.29 is 14.4 Å². The molecule has 0 radical (unpaired) electrons. The number of rotatable bonds is 6. The summed E-state index contributed by atoms with van der Waals surface area (Å²) in [5.74, 6) is -0.575. The first-order chi connectivity index (χ1) is 17.6. The lowest BCUT2D eigenvalue weighted by Gasteiger charge is -2.34. The zero-order valence-electron chi connectivity index (χ0n) is 20.3. The number of likely N-dealkylation sites (tertiary alicyclic amines) is 1. The molecule has 0 aliphatic carbocycles. The molecule has 8 nitrogen and oxygen atoms in total. The monoisotopic (exact) mass is 485 g/mol. The summed E-state index contributed by atoms with van der Waals surface area (Å²) in [6.07, 6.45) is 3.10. The Bertz CT molecular complexity index is 1220. The maximum atomic E-state index is 13.5. The van der Waals surface area contributed by atoms with Crippen molar-refractivity contribution in [3.05, 3.63) is 89.2 Å². The van der Waals surface area contributed by atoms with Gasteiger partial charge in [0.1, 0.15) is 11.7 Å². The number of carbonyl (C=O) groups is 3. The SMILES string of the molecule is O=C(NCc1ccccc1)C1CCCCN1C(=O)c1cc2n(n1)CCCN(Cc1ccccc1)C2=O. The fourth-order valence-corrected chi connectivity index (χ4v) is 4.99. The van der Waals surface area contributed by atoms with Gasteiger partial charge < -0.3 is 15.1 Å². The summed E-state index contributed by atoms with van der Waals surface area (Å²) in [5.41, 5.74) is 2.72. The first-order valence-corrected chi connectivity index (χ1v) is 12.6. The van der Waals surface area contributed by atoms with Crippen LogP contribution in [0.4, 0.5) is 0 Å². The van der Waals surface area contributed by atoms with Gasteiger partial charge >= 0.3 is 0 Å². The van der Waals surface area contributed by atoms with Crippen LogP contribution in [0.5, 0.6) is 0 Å². The van der Waals surface area contributed by atoms with Gasteiger partial charge in [0.05, 0.1) is 0 Å². The van der Waals surface area contributed by atoms with Gasteiger partial charge in [-0.3, -0.25) is 19.1 Å². The van der Waals surface area contributed by atoms with E-state index in [0.717, 1.165) is 30.4 Å². The molecule has 2 aliphatic heterocycles. The van der Waals surface area contributed by atoms with E-state index in [1.54, 1.807) is 15.6 Å². The molecule has 2 aromatic carbocycles. The van der Waals surface area contributed by atoms with Gasteiger partial charge in [0.15, 0.2) is 5.69 Å². The quantitative estimate of drug-likeness (QED) is 0.581. The van der Waals surface area contributed by atoms with Gasteiger partial charge in [-0.15, -0.1) is 0 Å². The minimum Gasteiger partial charge on any atom is -0.350 e. The molecule has 8 heteroatoms. The summed E-state index contributed by atoms with van der Waals surface area (Å²) in [6, 6.07) is 20.7. The van der Waals surface area contributed by atoms with Gasteiger partial charge in [0.25, 0.3) is 11.8 Å². The number of aryl methyl sites for hydroxylation is 1. The number of fused-ring (bicyclic) bond motifs is 1. The van der Waals surface area contributed by atoms with Gasteiger partial charge in [0.2, 0.25) is 5.91 Å². The maximum absolute atomic E-state index is 13.5. The van der Waals surface area contributed by atoms with E-state index in [2.05, 4.69) is 10.4 Å². The van der Waals surface area contributed by atoms with Gasteiger partial charge in [0, 0.05) is 38.8 Å². The van der Waals surface area contributed by atoms with E-state index in [9.17, 15) is 14.4 Å². The van der Waals surface area contributed by atoms with E-state index < -0.39 is 6.04 Å². The Balaban J connectivity index is 1.30. The number of benzene rings is 2. The highest BCUT2D eigenvalue weighted by atomic mass is 16.2. The molecule has 1 saturated heterocycles. The average Bonchev–Trinajstić information content (AvgIpc) is 3.30. The second-order valence-corrected chi connectivity index (χ2v) is 9.42. The van der Waals surface area contributed by atoms with Crippen molar-refractivity contribution in [3.8, 4) is 0 Å². The van der Waals surface area contributed by atoms with Gasteiger partial charge in [-0.25, -0.2) is 0 Å². The topological polar surface area (TPSA) is 87.5 Å². The summed E-state index contributed by atoms with van der Waals surface area (Å²) in [7, 11) is 0. The number of hydrogen-bond donors (Lipinski definition) is 1. The van der Waals surface area contributed by atoms with E-state index in [1.807, 2.05) is 65.6 Å². The number of nitrogens with one attached hydrogen (secondary N) is 1. The highest BCUT2D eigenvalue weighted by Crippen LogP contribution is 2.22. The van der Waals surface area contributed by atoms with Crippen LogP contribution in [-0.4, -0.2) is 56.4 Å². The zero-order valence-corrected chi connectivity index (χ0v) is 20.3. The number of aromatic nitrogens is 2. The predicted molar refractivity (Wildman–Crippen MR) is 135 cm³/mol. The van der Waals surface area contributed by atoms with Crippen molar-refractivity contribution in [3.63, 3.8) is 0 Å². The largest absolute Gasteiger partial charge is 0.350 e. The minimum atomic E-state index is -0.540. The lowest BCUT2D eigenvalue weighted by Crippen LogP contribution is -2.51. The second-order valence-electron chi connectivity index (χ2n) is 9.42. The number of carbonyl (C=O) groups excluding carboxylic acids is 3. The van der Waals surface area contributed by atoms with Crippen molar-refractivity contribution in [2.75, 3.05) is 13.1 Å². The predicted octanol–water partition coefficient (Wildman–Crippen LogP) is 3.24. The van der Waals surface area contributed by atoms with Crippen LogP contribution in [0.1, 0.15) is 57.8 Å². The first-order valence-electron chi connectivity index (χ1n) is 12.6. The van der Waals surface area contributed by atoms with Crippen molar-refractivity contribution in [1.29, 1.82) is 0 Å². The average molecular weight is 486 g/mol. The summed E-state index contributed by atoms with van der Waals surface area (Å²) < 4.78 is 1.65. The molecule has 2 aliphatic rings. The molecule has 1 aromatic heterocycles. The Labute approximate surface area is 210 Å². The standard InChI is InChI=1S/C28H31N5O3/c34-26(29-19-21-10-3-1-4-11-21)24-14-7-8-16-32(24)27(35)23-18-25-28(36)31(15-9-17-33(25)30-23)20-22-12-5-2-6-13-22/h1-6,10-13,18,24H,7-9,14-17,19-20H2,(H,29,34). The molecule has 1 unspecified atom stereocenters. The maximum Gasteiger partial charge on any atom is 0.275 e. The first kappa shape index (κ1) is 23.8. The van der Waals surface area contributed by atoms with E-state index in [-0.39, 0.29) is 23.4 Å². The molecule has 0 bridgehead atoms. The highest BCUT2D eigenvalue weighted by Gasteiger charge is 2.35. The third-order valence-corrected chi connectivity index (χ3v) is 6.90. The van der Waals surface area contributed by atoms with Crippen LogP contribution in [0.3, 0.4) is 0 Å². The fraction of sp³-hybridized carbons (Fsp3) is 0.357. The Hall–Kier alpha value is -3.94. The lowest BCUT2D eigenvalue weighted by atomic mass is 10.0. The third-order valence-electron chi connectivity index (χ3n) is 6.90. The van der Waals surface area contributed by atoms with Crippen LogP contribution in [0.25, 0.3) is 0 Å². The molecule has 3 amide bonds. The van der Waals surface area contributed by atoms with Crippen molar-refractivity contribution in [1.82, 2.24) is 24.9 Å². The van der Waals surface area contributed by atoms with Crippen molar-refractivity contribution >= 4 is 17.7 Å². The fourth-order valence-electron chi connectivity index (χ4n) is 4.99. The molecule has 0 saturated carbocycles. The van der Waals surface area contributed by atoms with Gasteiger partial charge in [-0.05, 0) is 36.8 Å². The molecule has 5 rings (SSSR count). The normalized spacial score (nSPS) is 17.9. The smallest absolute Gasteiger partial charge is 0.275 e. The van der Waals surface area contributed by atoms with Crippen LogP contribution in [0.2, 0.25) is 0 Å². The Morgan fingerprint density at radius 1 is 0.889 bits per heavy atom. The second kappa shape index (κ2) is 10.8. The van der Waals surface area contributed by atoms with Crippen LogP contribution in [0.15, 0.2) is 66.7 Å². The Morgan fingerprint density at radius 3 is 2.36 bits per heavy atom. The molecule has 36 heavy (non-hydrogen) atoms. The van der Waals surface area contributed by atoms with Gasteiger partial charge in [-0.2, -0.15) is 5.10 Å². The summed E-state index contributed by atoms with van der Waals surface area (Å²) in [6.45, 7) is 2.64. The minimum absolute atomic E-state index is 0.126. The Kier molecular flexibility index (Phi) is 7.11. The van der Waals surface area contributed by atoms with Crippen LogP contribution in [0, 0.1) is 0 Å². The number of hydrogen-bond acceptors (Lipinski definition) is 4. The number of piperidine rings is 1. The van der Waals surface area contributed by atoms with Crippen LogP contribution in [-0.2, 0) is 24.4 Å². The summed E-state index contributed by atoms with van der Waals surface area (Å²) in [5, 5.41) is 7.49. The van der Waals surface area contributed by atoms with E-state index in [1.165, 1.54) is 0 Å². The zero-order chi connectivity index (χ0) is 24.9. The van der Waals surface area contributed by atoms with E-state index in [0.29, 0.717) is 44.8 Å². The third kappa shape index (κ3) is 5.17. The van der Waals surface area contributed by atoms with E-state index >= 15 is 0 Å². The van der Waals surface area contributed by atoms with Crippen LogP contribution < -0.4 is 5.32 Å². The summed E-state index contributed by atoms with van der Waals surface area (Å²) in [4.78, 5) is 43.3. The van der Waals surface area contributed by atoms with Crippen molar-refractivity contribution in [2.45, 2.75) is 51.4 Å². The lowest BCUT2D eigenvalue weighted by molar-refractivity contribution is -0.126. The summed E-state index contributed by atoms with van der Waals surface area (Å²) >= 11 is 0. The molecule has 186 valence electrons. The number of amides is 3. The molecule has 1 atom stereocenters. The van der Waals surface area contributed by atoms with Crippen LogP contribution >= 0.6 is 0 Å². The molecule has 1 N–H and O–H groups in total. The molecule has 3 aromatic rings. The molecule has 3 heterocycles. The molecule has 1 fully saturated rings. The Morgan fingerprint density at radius 2 is 1.61 bits per heavy atom. The number of nitrogens with zero attached hydrogens (tertiary/aromatic N) is 4. The molecule has 0 spiro atoms. The van der Waals surface area contributed by atoms with Crippen molar-refractivity contribution in [2.24, 2.45) is 0 Å². The van der Waals surface area contributed by atoms with E-state index in [4.69, 9.17) is 0 Å². The molecular weight excluding hydrogens is 454 g/mol. The highest BCUT2D eigenvalue weighted by molar-refractivity contribution is 5.99. The molecular formula is C28H31N5O3. The van der Waals surface area contributed by atoms with Gasteiger partial charge in [-0.1, -0.05) is 60.7 Å².